The smallest absolute Gasteiger partial charge is 0.315 e. The standard InChI is InChI=1S/C20H32N6O3/c1-2-9-21-19(28)22-11-16-17-12-29-20(14-26(17)24-23-16)8-10-25(13-20)18(27)15-6-4-3-5-7-15/h15H,2-14H2,1H3,(H2,21,22,28). The predicted octanol–water partition coefficient (Wildman–Crippen LogP) is 1.57. The van der Waals surface area contributed by atoms with Crippen LogP contribution in [-0.4, -0.2) is 57.1 Å². The number of hydrogen-bond donors (Lipinski definition) is 2. The van der Waals surface area contributed by atoms with Gasteiger partial charge in [-0.05, 0) is 25.7 Å². The average Bonchev–Trinajstić information content (AvgIpc) is 3.35. The fourth-order valence-corrected chi connectivity index (χ4v) is 4.68. The molecule has 29 heavy (non-hydrogen) atoms. The number of fused-ring (bicyclic) bond motifs is 1. The number of rotatable bonds is 5. The van der Waals surface area contributed by atoms with Gasteiger partial charge in [-0.2, -0.15) is 0 Å². The van der Waals surface area contributed by atoms with E-state index < -0.39 is 0 Å². The monoisotopic (exact) mass is 404 g/mol. The minimum Gasteiger partial charge on any atom is -0.365 e. The normalized spacial score (nSPS) is 24.5. The second-order valence-corrected chi connectivity index (χ2v) is 8.57. The van der Waals surface area contributed by atoms with Crippen LogP contribution in [-0.2, 0) is 29.2 Å². The first-order valence-electron chi connectivity index (χ1n) is 11.0. The largest absolute Gasteiger partial charge is 0.365 e. The van der Waals surface area contributed by atoms with E-state index in [4.69, 9.17) is 4.74 Å². The van der Waals surface area contributed by atoms with Gasteiger partial charge in [0.15, 0.2) is 0 Å². The Kier molecular flexibility index (Phi) is 6.03. The van der Waals surface area contributed by atoms with Gasteiger partial charge in [-0.3, -0.25) is 4.79 Å². The van der Waals surface area contributed by atoms with Crippen molar-refractivity contribution in [3.8, 4) is 0 Å². The molecular formula is C20H32N6O3. The molecule has 2 N–H and O–H groups in total. The van der Waals surface area contributed by atoms with Crippen molar-refractivity contribution in [2.24, 2.45) is 5.92 Å². The highest BCUT2D eigenvalue weighted by Crippen LogP contribution is 2.35. The lowest BCUT2D eigenvalue weighted by Crippen LogP contribution is -2.46. The van der Waals surface area contributed by atoms with E-state index in [-0.39, 0.29) is 17.6 Å². The number of carbonyl (C=O) groups excluding carboxylic acids is 2. The molecular weight excluding hydrogens is 372 g/mol. The average molecular weight is 405 g/mol. The van der Waals surface area contributed by atoms with Gasteiger partial charge >= 0.3 is 6.03 Å². The van der Waals surface area contributed by atoms with Crippen molar-refractivity contribution in [1.29, 1.82) is 0 Å². The molecule has 1 saturated heterocycles. The number of amides is 3. The number of nitrogens with one attached hydrogen (secondary N) is 2. The zero-order valence-corrected chi connectivity index (χ0v) is 17.3. The number of carbonyl (C=O) groups is 2. The van der Waals surface area contributed by atoms with Crippen molar-refractivity contribution in [1.82, 2.24) is 30.5 Å². The molecule has 3 amide bonds. The minimum absolute atomic E-state index is 0.195. The van der Waals surface area contributed by atoms with E-state index in [0.717, 1.165) is 43.6 Å². The Morgan fingerprint density at radius 2 is 2.03 bits per heavy atom. The Hall–Kier alpha value is -2.16. The van der Waals surface area contributed by atoms with Gasteiger partial charge in [0.2, 0.25) is 5.91 Å². The molecule has 0 bridgehead atoms. The van der Waals surface area contributed by atoms with Crippen molar-refractivity contribution in [3.63, 3.8) is 0 Å². The summed E-state index contributed by atoms with van der Waals surface area (Å²) in [5, 5.41) is 14.1. The maximum absolute atomic E-state index is 12.9. The Morgan fingerprint density at radius 3 is 2.83 bits per heavy atom. The lowest BCUT2D eigenvalue weighted by atomic mass is 9.88. The Labute approximate surface area is 171 Å². The molecule has 1 spiro atoms. The van der Waals surface area contributed by atoms with Crippen molar-refractivity contribution in [2.75, 3.05) is 19.6 Å². The fraction of sp³-hybridized carbons (Fsp3) is 0.800. The van der Waals surface area contributed by atoms with Crippen LogP contribution >= 0.6 is 0 Å². The van der Waals surface area contributed by atoms with Crippen molar-refractivity contribution in [2.45, 2.75) is 77.2 Å². The zero-order valence-electron chi connectivity index (χ0n) is 17.3. The highest BCUT2D eigenvalue weighted by molar-refractivity contribution is 5.79. The van der Waals surface area contributed by atoms with Gasteiger partial charge in [0.25, 0.3) is 0 Å². The van der Waals surface area contributed by atoms with E-state index in [2.05, 4.69) is 20.9 Å². The third kappa shape index (κ3) is 4.39. The molecule has 1 atom stereocenters. The van der Waals surface area contributed by atoms with Crippen LogP contribution in [0.4, 0.5) is 4.79 Å². The molecule has 160 valence electrons. The fourth-order valence-electron chi connectivity index (χ4n) is 4.68. The van der Waals surface area contributed by atoms with Gasteiger partial charge in [0.1, 0.15) is 11.3 Å². The van der Waals surface area contributed by atoms with E-state index in [0.29, 0.717) is 38.7 Å². The van der Waals surface area contributed by atoms with Crippen LogP contribution in [0.5, 0.6) is 0 Å². The van der Waals surface area contributed by atoms with Gasteiger partial charge in [-0.15, -0.1) is 5.10 Å². The Morgan fingerprint density at radius 1 is 1.21 bits per heavy atom. The lowest BCUT2D eigenvalue weighted by Gasteiger charge is -2.34. The Bertz CT molecular complexity index is 745. The minimum atomic E-state index is -0.367. The molecule has 1 aromatic rings. The third-order valence-corrected chi connectivity index (χ3v) is 6.41. The number of likely N-dealkylation sites (tertiary alicyclic amines) is 1. The molecule has 1 saturated carbocycles. The van der Waals surface area contributed by atoms with E-state index >= 15 is 0 Å². The van der Waals surface area contributed by atoms with Gasteiger partial charge < -0.3 is 20.3 Å². The Balaban J connectivity index is 1.34. The van der Waals surface area contributed by atoms with E-state index in [1.165, 1.54) is 19.3 Å². The van der Waals surface area contributed by atoms with Gasteiger partial charge in [-0.25, -0.2) is 9.48 Å². The summed E-state index contributed by atoms with van der Waals surface area (Å²) in [6, 6.07) is -0.200. The number of nitrogens with zero attached hydrogens (tertiary/aromatic N) is 4. The first-order valence-corrected chi connectivity index (χ1v) is 11.0. The van der Waals surface area contributed by atoms with Crippen LogP contribution in [0.1, 0.15) is 63.3 Å². The van der Waals surface area contributed by atoms with Crippen LogP contribution in [0.25, 0.3) is 0 Å². The van der Waals surface area contributed by atoms with Crippen LogP contribution in [0.2, 0.25) is 0 Å². The summed E-state index contributed by atoms with van der Waals surface area (Å²) in [5.74, 6) is 0.499. The first kappa shape index (κ1) is 20.1. The van der Waals surface area contributed by atoms with E-state index in [1.54, 1.807) is 0 Å². The maximum atomic E-state index is 12.9. The number of aromatic nitrogens is 3. The zero-order chi connectivity index (χ0) is 20.3. The SMILES string of the molecule is CCCNC(=O)NCc1nnn2c1COC1(CCN(C(=O)C3CCCCC3)C1)C2. The summed E-state index contributed by atoms with van der Waals surface area (Å²) < 4.78 is 8.16. The molecule has 4 rings (SSSR count). The topological polar surface area (TPSA) is 101 Å². The number of urea groups is 1. The quantitative estimate of drug-likeness (QED) is 0.776. The molecule has 1 unspecified atom stereocenters. The molecule has 3 heterocycles. The summed E-state index contributed by atoms with van der Waals surface area (Å²) >= 11 is 0. The molecule has 2 aliphatic heterocycles. The second kappa shape index (κ2) is 8.69. The van der Waals surface area contributed by atoms with Crippen LogP contribution in [0, 0.1) is 5.92 Å². The first-order chi connectivity index (χ1) is 14.1. The molecule has 1 aromatic heterocycles. The maximum Gasteiger partial charge on any atom is 0.315 e. The summed E-state index contributed by atoms with van der Waals surface area (Å²) in [6.45, 7) is 5.38. The summed E-state index contributed by atoms with van der Waals surface area (Å²) in [5.41, 5.74) is 1.27. The third-order valence-electron chi connectivity index (χ3n) is 6.41. The van der Waals surface area contributed by atoms with Crippen molar-refractivity contribution < 1.29 is 14.3 Å². The van der Waals surface area contributed by atoms with Gasteiger partial charge in [-0.1, -0.05) is 31.4 Å². The van der Waals surface area contributed by atoms with Crippen LogP contribution < -0.4 is 10.6 Å². The highest BCUT2D eigenvalue weighted by atomic mass is 16.5. The van der Waals surface area contributed by atoms with Crippen LogP contribution in [0.3, 0.4) is 0 Å². The lowest BCUT2D eigenvalue weighted by molar-refractivity contribution is -0.138. The number of hydrogen-bond acceptors (Lipinski definition) is 5. The van der Waals surface area contributed by atoms with Gasteiger partial charge in [0, 0.05) is 19.0 Å². The summed E-state index contributed by atoms with van der Waals surface area (Å²) in [7, 11) is 0. The van der Waals surface area contributed by atoms with E-state index in [1.807, 2.05) is 16.5 Å². The molecule has 2 fully saturated rings. The van der Waals surface area contributed by atoms with Crippen molar-refractivity contribution in [3.05, 3.63) is 11.4 Å². The van der Waals surface area contributed by atoms with E-state index in [9.17, 15) is 9.59 Å². The predicted molar refractivity (Wildman–Crippen MR) is 106 cm³/mol. The molecule has 0 aromatic carbocycles. The molecule has 9 heteroatoms. The van der Waals surface area contributed by atoms with Gasteiger partial charge in [0.05, 0.1) is 31.9 Å². The van der Waals surface area contributed by atoms with Crippen LogP contribution in [0.15, 0.2) is 0 Å². The molecule has 1 aliphatic carbocycles. The van der Waals surface area contributed by atoms with Crippen molar-refractivity contribution >= 4 is 11.9 Å². The molecule has 0 radical (unpaired) electrons. The summed E-state index contributed by atoms with van der Waals surface area (Å²) in [6.07, 6.45) is 7.37. The number of ether oxygens (including phenoxy) is 1. The highest BCUT2D eigenvalue weighted by Gasteiger charge is 2.45. The molecule has 9 nitrogen and oxygen atoms in total. The second-order valence-electron chi connectivity index (χ2n) is 8.57. The summed E-state index contributed by atoms with van der Waals surface area (Å²) in [4.78, 5) is 26.6. The molecule has 3 aliphatic rings.